The molecule has 1 saturated heterocycles. The van der Waals surface area contributed by atoms with E-state index >= 15 is 0 Å². The van der Waals surface area contributed by atoms with E-state index in [9.17, 15) is 4.79 Å². The monoisotopic (exact) mass is 459 g/mol. The molecule has 0 spiro atoms. The van der Waals surface area contributed by atoms with Crippen molar-refractivity contribution in [2.45, 2.75) is 18.8 Å². The van der Waals surface area contributed by atoms with E-state index < -0.39 is 5.41 Å². The fourth-order valence-corrected chi connectivity index (χ4v) is 5.56. The van der Waals surface area contributed by atoms with Crippen LogP contribution in [0.3, 0.4) is 0 Å². The number of amides is 1. The number of nitrogens with zero attached hydrogens (tertiary/aromatic N) is 3. The summed E-state index contributed by atoms with van der Waals surface area (Å²) in [6.45, 7) is 7.57. The number of halogens is 1. The fraction of sp³-hybridized carbons (Fsp3) is 0.321. The number of para-hydroxylation sites is 1. The van der Waals surface area contributed by atoms with Crippen LogP contribution in [0.2, 0.25) is 5.02 Å². The molecule has 0 bridgehead atoms. The van der Waals surface area contributed by atoms with Crippen LogP contribution in [0.4, 0.5) is 11.4 Å². The zero-order chi connectivity index (χ0) is 22.8. The Morgan fingerprint density at radius 3 is 2.21 bits per heavy atom. The first-order valence-corrected chi connectivity index (χ1v) is 12.2. The molecule has 2 aliphatic rings. The molecule has 0 aromatic heterocycles. The van der Waals surface area contributed by atoms with Crippen molar-refractivity contribution in [2.75, 3.05) is 49.1 Å². The molecule has 1 atom stereocenters. The first-order chi connectivity index (χ1) is 16.1. The summed E-state index contributed by atoms with van der Waals surface area (Å²) >= 11 is 6.05. The molecule has 4 nitrogen and oxygen atoms in total. The topological polar surface area (TPSA) is 26.8 Å². The van der Waals surface area contributed by atoms with Gasteiger partial charge in [0.1, 0.15) is 5.41 Å². The van der Waals surface area contributed by atoms with Gasteiger partial charge in [0.05, 0.1) is 0 Å². The number of carbonyl (C=O) groups is 1. The van der Waals surface area contributed by atoms with Crippen LogP contribution in [0.1, 0.15) is 24.5 Å². The van der Waals surface area contributed by atoms with E-state index in [2.05, 4.69) is 59.2 Å². The molecule has 2 aliphatic heterocycles. The van der Waals surface area contributed by atoms with Crippen LogP contribution in [0.5, 0.6) is 0 Å². The second-order valence-electron chi connectivity index (χ2n) is 8.89. The SMILES string of the molecule is CCN1C(=O)C(CCN2CCN(c3ccc(Cl)cc3)CC2)(c2ccccc2)c2ccccc21. The summed E-state index contributed by atoms with van der Waals surface area (Å²) in [6.07, 6.45) is 0.782. The standard InChI is InChI=1S/C28H30ClN3O/c1-2-32-26-11-7-6-10-25(26)28(27(32)33,22-8-4-3-5-9-22)16-17-30-18-20-31(21-19-30)24-14-12-23(29)13-15-24/h3-15H,2,16-21H2,1H3. The lowest BCUT2D eigenvalue weighted by molar-refractivity contribution is -0.122. The van der Waals surface area contributed by atoms with Crippen LogP contribution in [0.15, 0.2) is 78.9 Å². The van der Waals surface area contributed by atoms with Gasteiger partial charge in [0.2, 0.25) is 5.91 Å². The van der Waals surface area contributed by atoms with Crippen LogP contribution in [-0.4, -0.2) is 50.1 Å². The van der Waals surface area contributed by atoms with Crippen molar-refractivity contribution in [1.82, 2.24) is 4.90 Å². The number of anilines is 2. The Bertz CT molecular complexity index is 1110. The maximum atomic E-state index is 13.9. The molecule has 5 heteroatoms. The van der Waals surface area contributed by atoms with Gasteiger partial charge in [-0.25, -0.2) is 0 Å². The van der Waals surface area contributed by atoms with Gasteiger partial charge in [0.25, 0.3) is 0 Å². The van der Waals surface area contributed by atoms with Crippen molar-refractivity contribution >= 4 is 28.9 Å². The van der Waals surface area contributed by atoms with Crippen molar-refractivity contribution in [3.63, 3.8) is 0 Å². The smallest absolute Gasteiger partial charge is 0.242 e. The third-order valence-electron chi connectivity index (χ3n) is 7.21. The molecule has 3 aromatic carbocycles. The Morgan fingerprint density at radius 2 is 1.52 bits per heavy atom. The molecule has 33 heavy (non-hydrogen) atoms. The fourth-order valence-electron chi connectivity index (χ4n) is 5.43. The molecule has 0 aliphatic carbocycles. The van der Waals surface area contributed by atoms with E-state index in [0.29, 0.717) is 6.54 Å². The summed E-state index contributed by atoms with van der Waals surface area (Å²) < 4.78 is 0. The summed E-state index contributed by atoms with van der Waals surface area (Å²) in [4.78, 5) is 20.8. The Morgan fingerprint density at radius 1 is 0.848 bits per heavy atom. The number of rotatable bonds is 6. The summed E-state index contributed by atoms with van der Waals surface area (Å²) in [5, 5.41) is 0.770. The summed E-state index contributed by atoms with van der Waals surface area (Å²) in [5.41, 5.74) is 3.89. The molecular formula is C28H30ClN3O. The van der Waals surface area contributed by atoms with Gasteiger partial charge in [-0.2, -0.15) is 0 Å². The second-order valence-corrected chi connectivity index (χ2v) is 9.33. The molecule has 3 aromatic rings. The van der Waals surface area contributed by atoms with E-state index in [0.717, 1.165) is 61.0 Å². The van der Waals surface area contributed by atoms with Crippen molar-refractivity contribution in [1.29, 1.82) is 0 Å². The van der Waals surface area contributed by atoms with Gasteiger partial charge < -0.3 is 9.80 Å². The molecule has 1 fully saturated rings. The van der Waals surface area contributed by atoms with Crippen molar-refractivity contribution in [3.05, 3.63) is 95.0 Å². The van der Waals surface area contributed by atoms with Crippen LogP contribution in [-0.2, 0) is 10.2 Å². The van der Waals surface area contributed by atoms with Crippen molar-refractivity contribution in [3.8, 4) is 0 Å². The minimum atomic E-state index is -0.624. The maximum absolute atomic E-state index is 13.9. The molecule has 170 valence electrons. The van der Waals surface area contributed by atoms with Crippen LogP contribution in [0.25, 0.3) is 0 Å². The second kappa shape index (κ2) is 9.20. The highest BCUT2D eigenvalue weighted by Crippen LogP contribution is 2.48. The molecule has 0 N–H and O–H groups in total. The molecular weight excluding hydrogens is 430 g/mol. The Labute approximate surface area is 201 Å². The minimum Gasteiger partial charge on any atom is -0.369 e. The van der Waals surface area contributed by atoms with Crippen LogP contribution < -0.4 is 9.80 Å². The molecule has 0 radical (unpaired) electrons. The molecule has 1 unspecified atom stereocenters. The first-order valence-electron chi connectivity index (χ1n) is 11.8. The number of carbonyl (C=O) groups excluding carboxylic acids is 1. The number of fused-ring (bicyclic) bond motifs is 1. The number of piperazine rings is 1. The van der Waals surface area contributed by atoms with Gasteiger partial charge in [-0.05, 0) is 61.3 Å². The Hall–Kier alpha value is -2.82. The quantitative estimate of drug-likeness (QED) is 0.506. The highest BCUT2D eigenvalue weighted by atomic mass is 35.5. The van der Waals surface area contributed by atoms with Gasteiger partial charge in [-0.15, -0.1) is 0 Å². The van der Waals surface area contributed by atoms with Crippen LogP contribution in [0, 0.1) is 0 Å². The molecule has 2 heterocycles. The summed E-state index contributed by atoms with van der Waals surface area (Å²) in [6, 6.07) is 26.8. The number of hydrogen-bond donors (Lipinski definition) is 0. The Balaban J connectivity index is 1.37. The number of likely N-dealkylation sites (N-methyl/N-ethyl adjacent to an activating group) is 1. The average molecular weight is 460 g/mol. The van der Waals surface area contributed by atoms with Gasteiger partial charge in [0, 0.05) is 49.1 Å². The normalized spacial score (nSPS) is 20.8. The zero-order valence-electron chi connectivity index (χ0n) is 19.1. The molecule has 0 saturated carbocycles. The van der Waals surface area contributed by atoms with E-state index in [4.69, 9.17) is 11.6 Å². The predicted molar refractivity (Wildman–Crippen MR) is 136 cm³/mol. The third kappa shape index (κ3) is 3.92. The highest BCUT2D eigenvalue weighted by molar-refractivity contribution is 6.30. The van der Waals surface area contributed by atoms with Gasteiger partial charge >= 0.3 is 0 Å². The summed E-state index contributed by atoms with van der Waals surface area (Å²) in [5.74, 6) is 0.206. The van der Waals surface area contributed by atoms with E-state index in [1.54, 1.807) is 0 Å². The minimum absolute atomic E-state index is 0.206. The maximum Gasteiger partial charge on any atom is 0.242 e. The third-order valence-corrected chi connectivity index (χ3v) is 7.47. The van der Waals surface area contributed by atoms with E-state index in [-0.39, 0.29) is 5.91 Å². The first kappa shape index (κ1) is 22.0. The summed E-state index contributed by atoms with van der Waals surface area (Å²) in [7, 11) is 0. The van der Waals surface area contributed by atoms with E-state index in [1.165, 1.54) is 5.69 Å². The highest BCUT2D eigenvalue weighted by Gasteiger charge is 2.51. The predicted octanol–water partition coefficient (Wildman–Crippen LogP) is 5.20. The molecule has 5 rings (SSSR count). The van der Waals surface area contributed by atoms with Gasteiger partial charge in [-0.3, -0.25) is 9.69 Å². The largest absolute Gasteiger partial charge is 0.369 e. The van der Waals surface area contributed by atoms with Crippen LogP contribution >= 0.6 is 11.6 Å². The van der Waals surface area contributed by atoms with Gasteiger partial charge in [-0.1, -0.05) is 60.1 Å². The van der Waals surface area contributed by atoms with E-state index in [1.807, 2.05) is 41.3 Å². The lowest BCUT2D eigenvalue weighted by Gasteiger charge is -2.38. The Kier molecular flexibility index (Phi) is 6.13. The number of hydrogen-bond acceptors (Lipinski definition) is 3. The number of benzene rings is 3. The zero-order valence-corrected chi connectivity index (χ0v) is 19.8. The lowest BCUT2D eigenvalue weighted by Crippen LogP contribution is -2.49. The van der Waals surface area contributed by atoms with Crippen molar-refractivity contribution in [2.24, 2.45) is 0 Å². The lowest BCUT2D eigenvalue weighted by atomic mass is 9.72. The van der Waals surface area contributed by atoms with Crippen molar-refractivity contribution < 1.29 is 4.79 Å². The van der Waals surface area contributed by atoms with Gasteiger partial charge in [0.15, 0.2) is 0 Å². The average Bonchev–Trinajstić information content (AvgIpc) is 3.12. The molecule has 1 amide bonds.